The minimum atomic E-state index is -2.41. The van der Waals surface area contributed by atoms with Gasteiger partial charge in [0.05, 0.1) is 23.8 Å². The van der Waals surface area contributed by atoms with Crippen LogP contribution in [0.15, 0.2) is 95.1 Å². The van der Waals surface area contributed by atoms with E-state index in [1.54, 1.807) is 67.6 Å². The van der Waals surface area contributed by atoms with Crippen LogP contribution in [0.4, 0.5) is 11.4 Å². The summed E-state index contributed by atoms with van der Waals surface area (Å²) in [5.74, 6) is -3.51. The molecule has 4 rings (SSSR count). The molecule has 39 heavy (non-hydrogen) atoms. The minimum absolute atomic E-state index is 0.0904. The molecule has 1 heterocycles. The highest BCUT2D eigenvalue weighted by atomic mass is 16.6. The Bertz CT molecular complexity index is 1390. The number of non-ortho nitro benzene ring substituents is 1. The van der Waals surface area contributed by atoms with Crippen LogP contribution >= 0.6 is 0 Å². The molecule has 0 fully saturated rings. The lowest BCUT2D eigenvalue weighted by atomic mass is 9.69. The Hall–Kier alpha value is -5.19. The summed E-state index contributed by atoms with van der Waals surface area (Å²) in [5.41, 5.74) is -1.80. The number of esters is 2. The van der Waals surface area contributed by atoms with E-state index in [-0.39, 0.29) is 30.3 Å². The van der Waals surface area contributed by atoms with Gasteiger partial charge in [-0.05, 0) is 37.1 Å². The second-order valence-electron chi connectivity index (χ2n) is 8.21. The molecule has 0 saturated carbocycles. The molecule has 0 saturated heterocycles. The third kappa shape index (κ3) is 5.01. The third-order valence-corrected chi connectivity index (χ3v) is 5.87. The summed E-state index contributed by atoms with van der Waals surface area (Å²) in [5, 5.41) is 21.5. The van der Waals surface area contributed by atoms with Gasteiger partial charge < -0.3 is 9.47 Å². The summed E-state index contributed by atoms with van der Waals surface area (Å²) in [6.07, 6.45) is 0. The van der Waals surface area contributed by atoms with Crippen LogP contribution in [-0.4, -0.2) is 47.3 Å². The van der Waals surface area contributed by atoms with Crippen molar-refractivity contribution in [2.75, 3.05) is 18.3 Å². The van der Waals surface area contributed by atoms with Crippen molar-refractivity contribution in [3.63, 3.8) is 0 Å². The number of ether oxygens (including phenoxy) is 2. The molecule has 0 spiro atoms. The number of carbonyl (C=O) groups is 3. The zero-order chi connectivity index (χ0) is 28.0. The monoisotopic (exact) mass is 528 g/mol. The standard InChI is InChI=1S/C28H24N4O7/c1-3-38-26(34)25(33)28(27(35)39-4-2)23(19-11-7-5-8-12-19)29-31(21-15-17-22(18-16-21)32(36)37)30-24(28)20-13-9-6-10-14-20/h5-18H,3-4H2,1-2H3. The smallest absolute Gasteiger partial charge is 0.376 e. The predicted molar refractivity (Wildman–Crippen MR) is 142 cm³/mol. The molecular weight excluding hydrogens is 504 g/mol. The summed E-state index contributed by atoms with van der Waals surface area (Å²) in [4.78, 5) is 51.6. The van der Waals surface area contributed by atoms with Gasteiger partial charge in [-0.3, -0.25) is 19.7 Å². The van der Waals surface area contributed by atoms with Gasteiger partial charge in [0, 0.05) is 12.1 Å². The molecule has 0 aromatic heterocycles. The van der Waals surface area contributed by atoms with Gasteiger partial charge in [-0.2, -0.15) is 15.3 Å². The molecule has 198 valence electrons. The van der Waals surface area contributed by atoms with Gasteiger partial charge in [-0.15, -0.1) is 0 Å². The minimum Gasteiger partial charge on any atom is -0.465 e. The maximum atomic E-state index is 14.0. The van der Waals surface area contributed by atoms with E-state index in [9.17, 15) is 24.5 Å². The van der Waals surface area contributed by atoms with Crippen LogP contribution < -0.4 is 5.12 Å². The molecule has 0 radical (unpaired) electrons. The maximum Gasteiger partial charge on any atom is 0.376 e. The van der Waals surface area contributed by atoms with Crippen LogP contribution in [0.3, 0.4) is 0 Å². The molecule has 11 nitrogen and oxygen atoms in total. The van der Waals surface area contributed by atoms with E-state index in [2.05, 4.69) is 10.2 Å². The number of carbonyl (C=O) groups excluding carboxylic acids is 3. The number of nitro benzene ring substituents is 1. The van der Waals surface area contributed by atoms with Gasteiger partial charge in [0.2, 0.25) is 5.41 Å². The molecule has 0 amide bonds. The van der Waals surface area contributed by atoms with Crippen molar-refractivity contribution >= 4 is 40.5 Å². The van der Waals surface area contributed by atoms with Crippen LogP contribution in [0.25, 0.3) is 0 Å². The van der Waals surface area contributed by atoms with Crippen LogP contribution in [0.1, 0.15) is 25.0 Å². The number of Topliss-reactive ketones (excluding diaryl/α,β-unsaturated/α-hetero) is 1. The zero-order valence-corrected chi connectivity index (χ0v) is 21.1. The summed E-state index contributed by atoms with van der Waals surface area (Å²) < 4.78 is 10.4. The first-order chi connectivity index (χ1) is 18.8. The Morgan fingerprint density at radius 1 is 0.795 bits per heavy atom. The number of hydrazone groups is 2. The third-order valence-electron chi connectivity index (χ3n) is 5.87. The molecule has 1 aliphatic heterocycles. The van der Waals surface area contributed by atoms with Gasteiger partial charge in [-0.25, -0.2) is 4.79 Å². The van der Waals surface area contributed by atoms with Crippen molar-refractivity contribution in [1.29, 1.82) is 0 Å². The molecule has 0 unspecified atom stereocenters. The predicted octanol–water partition coefficient (Wildman–Crippen LogP) is 3.91. The van der Waals surface area contributed by atoms with Crippen LogP contribution in [0, 0.1) is 15.5 Å². The van der Waals surface area contributed by atoms with Crippen molar-refractivity contribution < 1.29 is 28.8 Å². The lowest BCUT2D eigenvalue weighted by Crippen LogP contribution is -2.59. The van der Waals surface area contributed by atoms with Crippen molar-refractivity contribution in [2.24, 2.45) is 15.6 Å². The number of anilines is 1. The van der Waals surface area contributed by atoms with E-state index in [1.165, 1.54) is 31.2 Å². The van der Waals surface area contributed by atoms with Crippen LogP contribution in [0.2, 0.25) is 0 Å². The van der Waals surface area contributed by atoms with Crippen molar-refractivity contribution in [1.82, 2.24) is 0 Å². The van der Waals surface area contributed by atoms with Gasteiger partial charge in [-0.1, -0.05) is 60.7 Å². The Morgan fingerprint density at radius 2 is 1.28 bits per heavy atom. The summed E-state index contributed by atoms with van der Waals surface area (Å²) >= 11 is 0. The van der Waals surface area contributed by atoms with Crippen molar-refractivity contribution in [2.45, 2.75) is 13.8 Å². The highest BCUT2D eigenvalue weighted by Gasteiger charge is 2.61. The van der Waals surface area contributed by atoms with E-state index >= 15 is 0 Å². The van der Waals surface area contributed by atoms with Crippen LogP contribution in [0.5, 0.6) is 0 Å². The molecule has 3 aromatic carbocycles. The number of hydrogen-bond acceptors (Lipinski definition) is 10. The topological polar surface area (TPSA) is 141 Å². The average Bonchev–Trinajstić information content (AvgIpc) is 2.97. The Morgan fingerprint density at radius 3 is 1.72 bits per heavy atom. The van der Waals surface area contributed by atoms with Gasteiger partial charge in [0.15, 0.2) is 0 Å². The molecule has 3 aromatic rings. The molecule has 11 heteroatoms. The normalized spacial score (nSPS) is 14.1. The molecule has 0 bridgehead atoms. The largest absolute Gasteiger partial charge is 0.465 e. The lowest BCUT2D eigenvalue weighted by molar-refractivity contribution is -0.384. The summed E-state index contributed by atoms with van der Waals surface area (Å²) in [7, 11) is 0. The summed E-state index contributed by atoms with van der Waals surface area (Å²) in [6, 6.07) is 22.2. The van der Waals surface area contributed by atoms with Crippen LogP contribution in [-0.2, 0) is 23.9 Å². The van der Waals surface area contributed by atoms with E-state index in [0.717, 1.165) is 5.12 Å². The zero-order valence-electron chi connectivity index (χ0n) is 21.1. The number of ketones is 1. The molecule has 0 aliphatic carbocycles. The first-order valence-corrected chi connectivity index (χ1v) is 12.1. The second kappa shape index (κ2) is 11.5. The maximum absolute atomic E-state index is 14.0. The Labute approximate surface area is 223 Å². The first-order valence-electron chi connectivity index (χ1n) is 12.1. The van der Waals surface area contributed by atoms with Crippen molar-refractivity contribution in [3.8, 4) is 0 Å². The lowest BCUT2D eigenvalue weighted by Gasteiger charge is -2.36. The second-order valence-corrected chi connectivity index (χ2v) is 8.21. The Kier molecular flexibility index (Phi) is 7.90. The average molecular weight is 529 g/mol. The molecular formula is C28H24N4O7. The van der Waals surface area contributed by atoms with Crippen molar-refractivity contribution in [3.05, 3.63) is 106 Å². The Balaban J connectivity index is 2.07. The van der Waals surface area contributed by atoms with Gasteiger partial charge >= 0.3 is 11.9 Å². The number of benzene rings is 3. The van der Waals surface area contributed by atoms with E-state index in [1.807, 2.05) is 0 Å². The number of nitrogens with zero attached hydrogens (tertiary/aromatic N) is 4. The molecule has 1 aliphatic rings. The first kappa shape index (κ1) is 26.9. The number of rotatable bonds is 9. The molecule has 0 N–H and O–H groups in total. The van der Waals surface area contributed by atoms with E-state index in [0.29, 0.717) is 16.8 Å². The summed E-state index contributed by atoms with van der Waals surface area (Å²) in [6.45, 7) is 2.92. The van der Waals surface area contributed by atoms with E-state index in [4.69, 9.17) is 9.47 Å². The molecule has 0 atom stereocenters. The van der Waals surface area contributed by atoms with Gasteiger partial charge in [0.1, 0.15) is 11.4 Å². The quantitative estimate of drug-likeness (QED) is 0.134. The van der Waals surface area contributed by atoms with Gasteiger partial charge in [0.25, 0.3) is 11.5 Å². The number of hydrogen-bond donors (Lipinski definition) is 0. The fourth-order valence-electron chi connectivity index (χ4n) is 4.13. The fraction of sp³-hybridized carbons (Fsp3) is 0.179. The fourth-order valence-corrected chi connectivity index (χ4v) is 4.13. The highest BCUT2D eigenvalue weighted by molar-refractivity contribution is 6.57. The number of nitro groups is 1. The highest BCUT2D eigenvalue weighted by Crippen LogP contribution is 2.38. The van der Waals surface area contributed by atoms with E-state index < -0.39 is 28.1 Å². The SMILES string of the molecule is CCOC(=O)C(=O)C1(C(=O)OCC)C(c2ccccc2)=NN(c2ccc([N+](=O)[O-])cc2)N=C1c1ccccc1.